The molecule has 0 radical (unpaired) electrons. The lowest BCUT2D eigenvalue weighted by atomic mass is 10.2. The quantitative estimate of drug-likeness (QED) is 0.637. The maximum atomic E-state index is 11.1. The first-order valence-electron chi connectivity index (χ1n) is 4.15. The lowest BCUT2D eigenvalue weighted by Crippen LogP contribution is -2.31. The third-order valence-electron chi connectivity index (χ3n) is 1.74. The number of carbonyl (C=O) groups is 1. The zero-order chi connectivity index (χ0) is 8.43. The molecule has 1 unspecified atom stereocenters. The number of amides is 2. The van der Waals surface area contributed by atoms with E-state index in [4.69, 9.17) is 0 Å². The van der Waals surface area contributed by atoms with Gasteiger partial charge in [-0.1, -0.05) is 13.8 Å². The van der Waals surface area contributed by atoms with Gasteiger partial charge in [0.1, 0.15) is 0 Å². The summed E-state index contributed by atoms with van der Waals surface area (Å²) in [5, 5.41) is 2.86. The normalized spacial score (nSPS) is 24.5. The molecule has 1 saturated heterocycles. The average molecular weight is 156 g/mol. The van der Waals surface area contributed by atoms with Crippen LogP contribution in [0.3, 0.4) is 0 Å². The van der Waals surface area contributed by atoms with Crippen molar-refractivity contribution >= 4 is 6.03 Å². The van der Waals surface area contributed by atoms with E-state index in [-0.39, 0.29) is 6.03 Å². The number of nitrogens with one attached hydrogen (secondary N) is 1. The van der Waals surface area contributed by atoms with Crippen molar-refractivity contribution < 1.29 is 4.79 Å². The van der Waals surface area contributed by atoms with Crippen molar-refractivity contribution in [2.75, 3.05) is 13.1 Å². The van der Waals surface area contributed by atoms with Crippen molar-refractivity contribution in [2.45, 2.75) is 26.8 Å². The van der Waals surface area contributed by atoms with Crippen LogP contribution in [0.1, 0.15) is 20.8 Å². The van der Waals surface area contributed by atoms with Gasteiger partial charge in [-0.3, -0.25) is 0 Å². The molecule has 11 heavy (non-hydrogen) atoms. The van der Waals surface area contributed by atoms with E-state index in [1.54, 1.807) is 0 Å². The fraction of sp³-hybridized carbons (Fsp3) is 0.875. The third kappa shape index (κ3) is 2.10. The minimum absolute atomic E-state index is 0.0891. The summed E-state index contributed by atoms with van der Waals surface area (Å²) in [6.45, 7) is 8.00. The molecular weight excluding hydrogens is 140 g/mol. The second-order valence-electron chi connectivity index (χ2n) is 3.65. The Balaban J connectivity index is 2.41. The number of carbonyl (C=O) groups excluding carboxylic acids is 1. The Bertz CT molecular complexity index is 156. The van der Waals surface area contributed by atoms with Crippen LogP contribution in [0.5, 0.6) is 0 Å². The summed E-state index contributed by atoms with van der Waals surface area (Å²) in [5.74, 6) is 0.561. The molecule has 1 fully saturated rings. The van der Waals surface area contributed by atoms with Gasteiger partial charge in [0.25, 0.3) is 0 Å². The van der Waals surface area contributed by atoms with Crippen LogP contribution in [0.2, 0.25) is 0 Å². The molecule has 1 aliphatic heterocycles. The summed E-state index contributed by atoms with van der Waals surface area (Å²) < 4.78 is 0. The van der Waals surface area contributed by atoms with Crippen molar-refractivity contribution in [3.63, 3.8) is 0 Å². The molecule has 1 atom stereocenters. The van der Waals surface area contributed by atoms with Crippen LogP contribution in [0, 0.1) is 5.92 Å². The molecule has 0 aromatic carbocycles. The first-order chi connectivity index (χ1) is 5.09. The van der Waals surface area contributed by atoms with Crippen molar-refractivity contribution in [1.82, 2.24) is 10.2 Å². The van der Waals surface area contributed by atoms with Crippen molar-refractivity contribution in [1.29, 1.82) is 0 Å². The minimum atomic E-state index is 0.0891. The summed E-state index contributed by atoms with van der Waals surface area (Å²) in [4.78, 5) is 13.0. The van der Waals surface area contributed by atoms with Gasteiger partial charge < -0.3 is 10.2 Å². The number of hydrogen-bond donors (Lipinski definition) is 1. The molecule has 1 aliphatic rings. The summed E-state index contributed by atoms with van der Waals surface area (Å²) in [6.07, 6.45) is 0. The molecule has 0 saturated carbocycles. The van der Waals surface area contributed by atoms with E-state index in [0.29, 0.717) is 12.0 Å². The van der Waals surface area contributed by atoms with Gasteiger partial charge in [-0.05, 0) is 12.8 Å². The molecule has 0 aromatic rings. The predicted octanol–water partition coefficient (Wildman–Crippen LogP) is 1.06. The number of rotatable bonds is 2. The molecule has 2 amide bonds. The molecule has 1 N–H and O–H groups in total. The van der Waals surface area contributed by atoms with E-state index >= 15 is 0 Å². The maximum absolute atomic E-state index is 11.1. The third-order valence-corrected chi connectivity index (χ3v) is 1.74. The molecule has 64 valence electrons. The highest BCUT2D eigenvalue weighted by atomic mass is 16.2. The zero-order valence-electron chi connectivity index (χ0n) is 7.42. The zero-order valence-corrected chi connectivity index (χ0v) is 7.42. The number of hydrogen-bond acceptors (Lipinski definition) is 1. The smallest absolute Gasteiger partial charge is 0.317 e. The Morgan fingerprint density at radius 3 is 2.73 bits per heavy atom. The van der Waals surface area contributed by atoms with E-state index in [1.165, 1.54) is 0 Å². The van der Waals surface area contributed by atoms with Gasteiger partial charge in [0.05, 0.1) is 0 Å². The van der Waals surface area contributed by atoms with Crippen LogP contribution >= 0.6 is 0 Å². The summed E-state index contributed by atoms with van der Waals surface area (Å²) in [7, 11) is 0. The van der Waals surface area contributed by atoms with Crippen molar-refractivity contribution in [2.24, 2.45) is 5.92 Å². The van der Waals surface area contributed by atoms with E-state index in [1.807, 2.05) is 11.8 Å². The van der Waals surface area contributed by atoms with E-state index in [0.717, 1.165) is 13.1 Å². The second kappa shape index (κ2) is 3.11. The Kier molecular flexibility index (Phi) is 2.37. The molecule has 0 aromatic heterocycles. The van der Waals surface area contributed by atoms with Crippen molar-refractivity contribution in [3.05, 3.63) is 0 Å². The molecule has 0 spiro atoms. The van der Waals surface area contributed by atoms with Crippen LogP contribution in [0.4, 0.5) is 4.79 Å². The maximum Gasteiger partial charge on any atom is 0.317 e. The average Bonchev–Trinajstić information content (AvgIpc) is 2.09. The van der Waals surface area contributed by atoms with E-state index < -0.39 is 0 Å². The molecule has 3 heteroatoms. The van der Waals surface area contributed by atoms with Gasteiger partial charge in [-0.25, -0.2) is 4.79 Å². The molecule has 3 nitrogen and oxygen atoms in total. The Morgan fingerprint density at radius 1 is 1.73 bits per heavy atom. The largest absolute Gasteiger partial charge is 0.334 e. The topological polar surface area (TPSA) is 32.3 Å². The summed E-state index contributed by atoms with van der Waals surface area (Å²) in [6, 6.07) is 0.410. The Morgan fingerprint density at radius 2 is 2.36 bits per heavy atom. The SMILES string of the molecule is CC(C)CN1CC(C)NC1=O. The highest BCUT2D eigenvalue weighted by molar-refractivity contribution is 5.76. The monoisotopic (exact) mass is 156 g/mol. The van der Waals surface area contributed by atoms with E-state index in [9.17, 15) is 4.79 Å². The highest BCUT2D eigenvalue weighted by Gasteiger charge is 2.25. The molecule has 0 bridgehead atoms. The van der Waals surface area contributed by atoms with Gasteiger partial charge in [-0.2, -0.15) is 0 Å². The van der Waals surface area contributed by atoms with Gasteiger partial charge in [-0.15, -0.1) is 0 Å². The van der Waals surface area contributed by atoms with Crippen LogP contribution < -0.4 is 5.32 Å². The summed E-state index contributed by atoms with van der Waals surface area (Å²) in [5.41, 5.74) is 0. The van der Waals surface area contributed by atoms with E-state index in [2.05, 4.69) is 19.2 Å². The van der Waals surface area contributed by atoms with Gasteiger partial charge >= 0.3 is 6.03 Å². The van der Waals surface area contributed by atoms with Crippen LogP contribution in [0.15, 0.2) is 0 Å². The van der Waals surface area contributed by atoms with Gasteiger partial charge in [0.15, 0.2) is 0 Å². The first-order valence-corrected chi connectivity index (χ1v) is 4.15. The first kappa shape index (κ1) is 8.37. The number of urea groups is 1. The Labute approximate surface area is 67.8 Å². The van der Waals surface area contributed by atoms with Crippen molar-refractivity contribution in [3.8, 4) is 0 Å². The molecule has 1 rings (SSSR count). The van der Waals surface area contributed by atoms with Crippen LogP contribution in [-0.4, -0.2) is 30.1 Å². The lowest BCUT2D eigenvalue weighted by molar-refractivity contribution is 0.211. The lowest BCUT2D eigenvalue weighted by Gasteiger charge is -2.16. The van der Waals surface area contributed by atoms with Gasteiger partial charge in [0, 0.05) is 19.1 Å². The molecular formula is C8H16N2O. The molecule has 0 aliphatic carbocycles. The predicted molar refractivity (Wildman–Crippen MR) is 44.4 cm³/mol. The van der Waals surface area contributed by atoms with Gasteiger partial charge in [0.2, 0.25) is 0 Å². The summed E-state index contributed by atoms with van der Waals surface area (Å²) >= 11 is 0. The fourth-order valence-corrected chi connectivity index (χ4v) is 1.36. The highest BCUT2D eigenvalue weighted by Crippen LogP contribution is 2.06. The van der Waals surface area contributed by atoms with Crippen LogP contribution in [0.25, 0.3) is 0 Å². The Hall–Kier alpha value is -0.730. The number of nitrogens with zero attached hydrogens (tertiary/aromatic N) is 1. The van der Waals surface area contributed by atoms with Crippen LogP contribution in [-0.2, 0) is 0 Å². The minimum Gasteiger partial charge on any atom is -0.334 e. The molecule has 1 heterocycles. The fourth-order valence-electron chi connectivity index (χ4n) is 1.36. The standard InChI is InChI=1S/C8H16N2O/c1-6(2)4-10-5-7(3)9-8(10)11/h6-7H,4-5H2,1-3H3,(H,9,11). The second-order valence-corrected chi connectivity index (χ2v) is 3.65.